The van der Waals surface area contributed by atoms with Crippen molar-refractivity contribution < 1.29 is 33.5 Å². The van der Waals surface area contributed by atoms with Crippen LogP contribution in [-0.2, 0) is 33.5 Å². The third-order valence-electron chi connectivity index (χ3n) is 15.5. The Bertz CT molecular complexity index is 1260. The van der Waals surface area contributed by atoms with Gasteiger partial charge in [0.25, 0.3) is 11.8 Å². The molecule has 11 atom stereocenters. The number of amides is 3. The van der Waals surface area contributed by atoms with E-state index in [2.05, 4.69) is 41.5 Å². The molecule has 3 amide bonds. The molecule has 0 aromatic carbocycles. The number of rotatable bonds is 20. The van der Waals surface area contributed by atoms with E-state index in [-0.39, 0.29) is 36.8 Å². The number of hydroxylamine groups is 2. The minimum absolute atomic E-state index is 0.0433. The summed E-state index contributed by atoms with van der Waals surface area (Å²) in [7, 11) is 0. The summed E-state index contributed by atoms with van der Waals surface area (Å²) in [5, 5.41) is 0.558. The van der Waals surface area contributed by atoms with Crippen molar-refractivity contribution in [3.05, 3.63) is 0 Å². The van der Waals surface area contributed by atoms with Gasteiger partial charge in [-0.05, 0) is 123 Å². The Morgan fingerprint density at radius 2 is 1.54 bits per heavy atom. The highest BCUT2D eigenvalue weighted by Crippen LogP contribution is 2.70. The fourth-order valence-electron chi connectivity index (χ4n) is 12.5. The lowest BCUT2D eigenvalue weighted by atomic mass is 9.41. The SMILES string of the molecule is CCCCCC1CC2C[C@H](OCCCC)CC[C@]2(C)[C@H]2C[C@H](OCCCC)[C@]3(C)[C@@H]([C@H](C)CCCN(CC(=O)ON4C(=O)CCC4=O)C(C)=O)CC[C@H]3C12. The minimum atomic E-state index is -0.758. The predicted octanol–water partition coefficient (Wildman–Crippen LogP) is 9.30. The molecule has 0 aromatic heterocycles. The maximum atomic E-state index is 12.7. The molecule has 308 valence electrons. The van der Waals surface area contributed by atoms with Crippen molar-refractivity contribution in [1.29, 1.82) is 0 Å². The normalized spacial score (nSPS) is 35.4. The Balaban J connectivity index is 1.31. The lowest BCUT2D eigenvalue weighted by Gasteiger charge is -2.65. The second-order valence-corrected chi connectivity index (χ2v) is 18.7. The van der Waals surface area contributed by atoms with Crippen LogP contribution in [0.5, 0.6) is 0 Å². The van der Waals surface area contributed by atoms with Crippen LogP contribution in [0.15, 0.2) is 0 Å². The van der Waals surface area contributed by atoms with E-state index in [1.165, 1.54) is 88.9 Å². The molecule has 4 saturated carbocycles. The van der Waals surface area contributed by atoms with Gasteiger partial charge in [0, 0.05) is 39.5 Å². The molecule has 9 heteroatoms. The lowest BCUT2D eigenvalue weighted by molar-refractivity contribution is -0.208. The number of hydrogen-bond acceptors (Lipinski definition) is 7. The molecule has 5 fully saturated rings. The van der Waals surface area contributed by atoms with Crippen molar-refractivity contribution >= 4 is 23.7 Å². The van der Waals surface area contributed by atoms with Gasteiger partial charge in [-0.25, -0.2) is 4.79 Å². The van der Waals surface area contributed by atoms with Gasteiger partial charge in [-0.15, -0.1) is 5.06 Å². The van der Waals surface area contributed by atoms with Gasteiger partial charge in [-0.2, -0.15) is 0 Å². The van der Waals surface area contributed by atoms with Crippen LogP contribution in [-0.4, -0.2) is 72.2 Å². The van der Waals surface area contributed by atoms with Gasteiger partial charge in [-0.1, -0.05) is 80.1 Å². The molecule has 4 aliphatic carbocycles. The number of nitrogens with zero attached hydrogens (tertiary/aromatic N) is 2. The summed E-state index contributed by atoms with van der Waals surface area (Å²) in [6.45, 7) is 17.9. The zero-order valence-corrected chi connectivity index (χ0v) is 35.2. The van der Waals surface area contributed by atoms with Crippen molar-refractivity contribution in [1.82, 2.24) is 9.96 Å². The molecule has 9 nitrogen and oxygen atoms in total. The highest BCUT2D eigenvalue weighted by molar-refractivity contribution is 6.01. The first-order chi connectivity index (χ1) is 25.9. The minimum Gasteiger partial charge on any atom is -0.378 e. The molecular formula is C45H76N2O7. The monoisotopic (exact) mass is 757 g/mol. The number of unbranched alkanes of at least 4 members (excludes halogenated alkanes) is 4. The van der Waals surface area contributed by atoms with Crippen LogP contribution in [0.4, 0.5) is 0 Å². The van der Waals surface area contributed by atoms with Crippen molar-refractivity contribution in [2.24, 2.45) is 52.3 Å². The van der Waals surface area contributed by atoms with Gasteiger partial charge in [0.05, 0.1) is 12.2 Å². The third kappa shape index (κ3) is 9.40. The van der Waals surface area contributed by atoms with Gasteiger partial charge in [0.1, 0.15) is 6.54 Å². The summed E-state index contributed by atoms with van der Waals surface area (Å²) >= 11 is 0. The van der Waals surface area contributed by atoms with Gasteiger partial charge >= 0.3 is 5.97 Å². The second-order valence-electron chi connectivity index (χ2n) is 18.7. The highest BCUT2D eigenvalue weighted by atomic mass is 16.7. The van der Waals surface area contributed by atoms with E-state index in [1.54, 1.807) is 0 Å². The summed E-state index contributed by atoms with van der Waals surface area (Å²) in [6, 6.07) is 0. The van der Waals surface area contributed by atoms with Crippen LogP contribution in [0.3, 0.4) is 0 Å². The molecular weight excluding hydrogens is 681 g/mol. The first kappa shape index (κ1) is 43.1. The fraction of sp³-hybridized carbons (Fsp3) is 0.911. The number of carbonyl (C=O) groups is 4. The maximum absolute atomic E-state index is 12.7. The summed E-state index contributed by atoms with van der Waals surface area (Å²) < 4.78 is 13.6. The van der Waals surface area contributed by atoms with Gasteiger partial charge in [0.15, 0.2) is 0 Å². The predicted molar refractivity (Wildman–Crippen MR) is 211 cm³/mol. The van der Waals surface area contributed by atoms with Crippen LogP contribution < -0.4 is 0 Å². The molecule has 54 heavy (non-hydrogen) atoms. The zero-order chi connectivity index (χ0) is 39.0. The van der Waals surface area contributed by atoms with Gasteiger partial charge in [0.2, 0.25) is 5.91 Å². The van der Waals surface area contributed by atoms with Crippen molar-refractivity contribution in [2.75, 3.05) is 26.3 Å². The zero-order valence-electron chi connectivity index (χ0n) is 35.2. The summed E-state index contributed by atoms with van der Waals surface area (Å²) in [4.78, 5) is 55.7. The Labute approximate surface area is 327 Å². The van der Waals surface area contributed by atoms with Crippen LogP contribution in [0.1, 0.15) is 170 Å². The molecule has 0 bridgehead atoms. The van der Waals surface area contributed by atoms with Crippen LogP contribution in [0, 0.1) is 52.3 Å². The Hall–Kier alpha value is -2.00. The summed E-state index contributed by atoms with van der Waals surface area (Å²) in [5.41, 5.74) is 0.459. The molecule has 5 aliphatic rings. The molecule has 0 spiro atoms. The van der Waals surface area contributed by atoms with E-state index >= 15 is 0 Å². The molecule has 5 rings (SSSR count). The second kappa shape index (κ2) is 19.4. The highest BCUT2D eigenvalue weighted by Gasteiger charge is 2.66. The topological polar surface area (TPSA) is 102 Å². The molecule has 3 unspecified atom stereocenters. The van der Waals surface area contributed by atoms with Crippen LogP contribution in [0.25, 0.3) is 0 Å². The summed E-state index contributed by atoms with van der Waals surface area (Å²) in [6.07, 6.45) is 21.2. The first-order valence-electron chi connectivity index (χ1n) is 22.4. The number of carbonyl (C=O) groups excluding carboxylic acids is 4. The average Bonchev–Trinajstić information content (AvgIpc) is 3.66. The smallest absolute Gasteiger partial charge is 0.352 e. The number of imide groups is 1. The maximum Gasteiger partial charge on any atom is 0.352 e. The van der Waals surface area contributed by atoms with E-state index in [9.17, 15) is 19.2 Å². The van der Waals surface area contributed by atoms with Crippen LogP contribution >= 0.6 is 0 Å². The van der Waals surface area contributed by atoms with E-state index in [1.807, 2.05) is 0 Å². The number of fused-ring (bicyclic) bond motifs is 5. The van der Waals surface area contributed by atoms with E-state index < -0.39 is 17.8 Å². The standard InChI is InChI=1S/C45H76N2O7/c1-8-11-14-17-33-27-34-28-35(52-25-12-9-2)22-23-44(34,6)38-29-39(53-26-13-10-3)45(7)36(18-19-37(45)43(33)38)31(4)16-15-24-46(32(5)48)30-42(51)54-47-40(49)20-21-41(47)50/h31,33-39,43H,8-30H2,1-7H3/t31-,33?,34?,35-,36-,37+,38+,39+,43?,44+,45-/m1/s1. The average molecular weight is 757 g/mol. The molecule has 0 N–H and O–H groups in total. The first-order valence-corrected chi connectivity index (χ1v) is 22.4. The van der Waals surface area contributed by atoms with Crippen molar-refractivity contribution in [3.8, 4) is 0 Å². The Kier molecular flexibility index (Phi) is 15.5. The Morgan fingerprint density at radius 1 is 0.852 bits per heavy atom. The third-order valence-corrected chi connectivity index (χ3v) is 15.5. The van der Waals surface area contributed by atoms with E-state index in [0.29, 0.717) is 46.8 Å². The molecule has 0 radical (unpaired) electrons. The summed E-state index contributed by atoms with van der Waals surface area (Å²) in [5.74, 6) is 2.63. The van der Waals surface area contributed by atoms with Crippen molar-refractivity contribution in [2.45, 2.75) is 183 Å². The van der Waals surface area contributed by atoms with Gasteiger partial charge in [-0.3, -0.25) is 14.4 Å². The van der Waals surface area contributed by atoms with E-state index in [0.717, 1.165) is 63.1 Å². The molecule has 1 heterocycles. The quantitative estimate of drug-likeness (QED) is 0.0902. The number of hydrogen-bond donors (Lipinski definition) is 0. The molecule has 1 aliphatic heterocycles. The van der Waals surface area contributed by atoms with Crippen molar-refractivity contribution in [3.63, 3.8) is 0 Å². The van der Waals surface area contributed by atoms with E-state index in [4.69, 9.17) is 14.3 Å². The largest absolute Gasteiger partial charge is 0.378 e. The molecule has 1 saturated heterocycles. The number of ether oxygens (including phenoxy) is 2. The van der Waals surface area contributed by atoms with Crippen LogP contribution in [0.2, 0.25) is 0 Å². The fourth-order valence-corrected chi connectivity index (χ4v) is 12.5. The molecule has 0 aromatic rings. The van der Waals surface area contributed by atoms with Gasteiger partial charge < -0.3 is 19.2 Å². The lowest BCUT2D eigenvalue weighted by Crippen LogP contribution is -2.61. The Morgan fingerprint density at radius 3 is 2.20 bits per heavy atom.